The van der Waals surface area contributed by atoms with E-state index < -0.39 is 60.2 Å². The first-order valence-corrected chi connectivity index (χ1v) is 11.9. The van der Waals surface area contributed by atoms with Crippen LogP contribution in [0.4, 0.5) is 0 Å². The van der Waals surface area contributed by atoms with Gasteiger partial charge < -0.3 is 43.4 Å². The van der Waals surface area contributed by atoms with Gasteiger partial charge in [-0.25, -0.2) is 4.79 Å². The average molecular weight is 516 g/mol. The van der Waals surface area contributed by atoms with E-state index in [4.69, 9.17) is 22.3 Å². The van der Waals surface area contributed by atoms with Gasteiger partial charge in [0.15, 0.2) is 5.96 Å². The maximum absolute atomic E-state index is 13.0. The highest BCUT2D eigenvalue weighted by Crippen LogP contribution is 2.09. The number of hydrogen-bond acceptors (Lipinski definition) is 7. The molecule has 11 N–H and O–H groups in total. The summed E-state index contributed by atoms with van der Waals surface area (Å²) in [5.41, 5.74) is 16.4. The summed E-state index contributed by atoms with van der Waals surface area (Å²) < 4.78 is 0. The number of carboxylic acid groups (broad SMARTS) is 2. The Hall–Kier alpha value is -3.42. The van der Waals surface area contributed by atoms with Crippen LogP contribution in [0.2, 0.25) is 0 Å². The lowest BCUT2D eigenvalue weighted by atomic mass is 9.97. The van der Waals surface area contributed by atoms with E-state index >= 15 is 0 Å². The van der Waals surface area contributed by atoms with Crippen molar-refractivity contribution in [3.05, 3.63) is 0 Å². The van der Waals surface area contributed by atoms with Gasteiger partial charge in [-0.1, -0.05) is 34.1 Å². The predicted octanol–water partition coefficient (Wildman–Crippen LogP) is -1.53. The number of aliphatic carboxylic acids is 2. The number of carbonyl (C=O) groups excluding carboxylic acids is 3. The molecule has 0 saturated heterocycles. The molecule has 0 fully saturated rings. The van der Waals surface area contributed by atoms with Crippen molar-refractivity contribution in [1.29, 1.82) is 0 Å². The molecule has 206 valence electrons. The van der Waals surface area contributed by atoms with Crippen molar-refractivity contribution < 1.29 is 34.2 Å². The summed E-state index contributed by atoms with van der Waals surface area (Å²) in [6, 6.07) is -4.56. The van der Waals surface area contributed by atoms with Crippen molar-refractivity contribution >= 4 is 35.6 Å². The smallest absolute Gasteiger partial charge is 0.326 e. The second-order valence-corrected chi connectivity index (χ2v) is 8.98. The Morgan fingerprint density at radius 2 is 1.44 bits per heavy atom. The third-order valence-corrected chi connectivity index (χ3v) is 5.65. The molecule has 5 atom stereocenters. The Morgan fingerprint density at radius 3 is 1.92 bits per heavy atom. The fourth-order valence-electron chi connectivity index (χ4n) is 3.13. The number of hydrogen-bond donors (Lipinski definition) is 8. The number of nitrogens with two attached hydrogens (primary N) is 3. The number of amides is 3. The average Bonchev–Trinajstić information content (AvgIpc) is 2.79. The van der Waals surface area contributed by atoms with Gasteiger partial charge in [0, 0.05) is 13.0 Å². The molecule has 0 aromatic rings. The molecule has 0 rings (SSSR count). The molecule has 14 nitrogen and oxygen atoms in total. The summed E-state index contributed by atoms with van der Waals surface area (Å²) >= 11 is 0. The van der Waals surface area contributed by atoms with E-state index in [0.29, 0.717) is 6.42 Å². The van der Waals surface area contributed by atoms with Gasteiger partial charge in [-0.2, -0.15) is 0 Å². The summed E-state index contributed by atoms with van der Waals surface area (Å²) in [6.07, 6.45) is 0.145. The van der Waals surface area contributed by atoms with Crippen LogP contribution in [0.5, 0.6) is 0 Å². The molecule has 0 spiro atoms. The Balaban J connectivity index is 5.51. The lowest BCUT2D eigenvalue weighted by molar-refractivity contribution is -0.143. The number of rotatable bonds is 17. The van der Waals surface area contributed by atoms with Crippen LogP contribution in [0.3, 0.4) is 0 Å². The van der Waals surface area contributed by atoms with E-state index in [2.05, 4.69) is 20.9 Å². The van der Waals surface area contributed by atoms with Crippen molar-refractivity contribution in [2.24, 2.45) is 34.0 Å². The minimum Gasteiger partial charge on any atom is -0.481 e. The van der Waals surface area contributed by atoms with Crippen LogP contribution in [0.1, 0.15) is 59.8 Å². The third kappa shape index (κ3) is 12.3. The largest absolute Gasteiger partial charge is 0.481 e. The zero-order valence-electron chi connectivity index (χ0n) is 21.3. The molecule has 14 heteroatoms. The first-order chi connectivity index (χ1) is 16.7. The molecule has 0 radical (unpaired) electrons. The predicted molar refractivity (Wildman–Crippen MR) is 132 cm³/mol. The van der Waals surface area contributed by atoms with Crippen molar-refractivity contribution in [3.8, 4) is 0 Å². The van der Waals surface area contributed by atoms with Gasteiger partial charge in [0.1, 0.15) is 18.1 Å². The third-order valence-electron chi connectivity index (χ3n) is 5.65. The van der Waals surface area contributed by atoms with Gasteiger partial charge in [0.25, 0.3) is 0 Å². The Labute approximate surface area is 210 Å². The number of aliphatic imine (C=N–C) groups is 1. The van der Waals surface area contributed by atoms with Gasteiger partial charge >= 0.3 is 11.9 Å². The van der Waals surface area contributed by atoms with Crippen molar-refractivity contribution in [2.45, 2.75) is 84.0 Å². The van der Waals surface area contributed by atoms with E-state index in [1.165, 1.54) is 0 Å². The van der Waals surface area contributed by atoms with Crippen LogP contribution in [-0.4, -0.2) is 76.5 Å². The number of carboxylic acids is 2. The minimum absolute atomic E-state index is 0.00434. The molecule has 36 heavy (non-hydrogen) atoms. The van der Waals surface area contributed by atoms with Crippen LogP contribution in [-0.2, 0) is 24.0 Å². The monoisotopic (exact) mass is 515 g/mol. The van der Waals surface area contributed by atoms with E-state index in [-0.39, 0.29) is 43.6 Å². The molecule has 0 aliphatic rings. The molecular formula is C22H41N7O7. The zero-order valence-corrected chi connectivity index (χ0v) is 21.3. The van der Waals surface area contributed by atoms with Gasteiger partial charge in [0.05, 0.1) is 6.04 Å². The Morgan fingerprint density at radius 1 is 0.861 bits per heavy atom. The Kier molecular flexibility index (Phi) is 14.7. The fraction of sp³-hybridized carbons (Fsp3) is 0.727. The summed E-state index contributed by atoms with van der Waals surface area (Å²) in [7, 11) is 0. The van der Waals surface area contributed by atoms with Crippen LogP contribution in [0.15, 0.2) is 4.99 Å². The number of nitrogens with one attached hydrogen (secondary N) is 3. The number of nitrogens with zero attached hydrogens (tertiary/aromatic N) is 1. The molecule has 0 heterocycles. The van der Waals surface area contributed by atoms with Crippen LogP contribution in [0, 0.1) is 11.8 Å². The molecule has 0 aromatic carbocycles. The number of guanidine groups is 1. The molecule has 0 aliphatic heterocycles. The lowest BCUT2D eigenvalue weighted by Crippen LogP contribution is -2.59. The first kappa shape index (κ1) is 32.6. The van der Waals surface area contributed by atoms with E-state index in [9.17, 15) is 29.1 Å². The van der Waals surface area contributed by atoms with Gasteiger partial charge in [0.2, 0.25) is 17.7 Å². The SMILES string of the molecule is CCC(C)C(N)C(=O)NC(C(=O)NC(CCC(=O)O)C(=O)NC(CCCN=C(N)N)C(=O)O)C(C)C. The standard InChI is InChI=1S/C22H41N7O7/c1-5-12(4)16(23)19(33)29-17(11(2)3)20(34)27-13(8-9-15(30)31)18(32)28-14(21(35)36)7-6-10-26-22(24)25/h11-14,16-17H,5-10,23H2,1-4H3,(H,27,34)(H,28,32)(H,29,33)(H,30,31)(H,35,36)(H4,24,25,26). The zero-order chi connectivity index (χ0) is 28.0. The molecular weight excluding hydrogens is 474 g/mol. The van der Waals surface area contributed by atoms with Crippen LogP contribution >= 0.6 is 0 Å². The maximum atomic E-state index is 13.0. The molecule has 5 unspecified atom stereocenters. The first-order valence-electron chi connectivity index (χ1n) is 11.9. The molecule has 0 aromatic heterocycles. The second-order valence-electron chi connectivity index (χ2n) is 8.98. The Bertz CT molecular complexity index is 800. The van der Waals surface area contributed by atoms with Gasteiger partial charge in [-0.3, -0.25) is 24.2 Å². The molecule has 3 amide bonds. The van der Waals surface area contributed by atoms with Crippen LogP contribution in [0.25, 0.3) is 0 Å². The van der Waals surface area contributed by atoms with Gasteiger partial charge in [-0.05, 0) is 31.1 Å². The summed E-state index contributed by atoms with van der Waals surface area (Å²) in [4.78, 5) is 64.8. The minimum atomic E-state index is -1.35. The molecule has 0 aliphatic carbocycles. The van der Waals surface area contributed by atoms with Crippen molar-refractivity contribution in [2.75, 3.05) is 6.54 Å². The van der Waals surface area contributed by atoms with E-state index in [1.807, 2.05) is 6.92 Å². The van der Waals surface area contributed by atoms with Gasteiger partial charge in [-0.15, -0.1) is 0 Å². The molecule has 0 saturated carbocycles. The summed E-state index contributed by atoms with van der Waals surface area (Å²) in [6.45, 7) is 7.19. The lowest BCUT2D eigenvalue weighted by Gasteiger charge is -2.27. The summed E-state index contributed by atoms with van der Waals surface area (Å²) in [5, 5.41) is 25.9. The van der Waals surface area contributed by atoms with Crippen molar-refractivity contribution in [1.82, 2.24) is 16.0 Å². The quantitative estimate of drug-likeness (QED) is 0.0630. The highest BCUT2D eigenvalue weighted by atomic mass is 16.4. The highest BCUT2D eigenvalue weighted by Gasteiger charge is 2.32. The fourth-order valence-corrected chi connectivity index (χ4v) is 3.13. The van der Waals surface area contributed by atoms with Crippen LogP contribution < -0.4 is 33.2 Å². The van der Waals surface area contributed by atoms with Crippen molar-refractivity contribution in [3.63, 3.8) is 0 Å². The number of carbonyl (C=O) groups is 5. The van der Waals surface area contributed by atoms with E-state index in [0.717, 1.165) is 0 Å². The highest BCUT2D eigenvalue weighted by molar-refractivity contribution is 5.94. The normalized spacial score (nSPS) is 15.1. The maximum Gasteiger partial charge on any atom is 0.326 e. The van der Waals surface area contributed by atoms with E-state index in [1.54, 1.807) is 20.8 Å². The second kappa shape index (κ2) is 16.3. The topological polar surface area (TPSA) is 252 Å². The summed E-state index contributed by atoms with van der Waals surface area (Å²) in [5.74, 6) is -5.32. The molecule has 0 bridgehead atoms.